The third kappa shape index (κ3) is 2.68. The number of ether oxygens (including phenoxy) is 1. The largest absolute Gasteiger partial charge is 0.383 e. The highest BCUT2D eigenvalue weighted by Gasteiger charge is 2.30. The lowest BCUT2D eigenvalue weighted by atomic mass is 10.1. The molecule has 0 bridgehead atoms. The highest BCUT2D eigenvalue weighted by atomic mass is 16.5. The molecule has 3 rings (SSSR count). The lowest BCUT2D eigenvalue weighted by molar-refractivity contribution is 0.185. The van der Waals surface area contributed by atoms with E-state index in [1.54, 1.807) is 7.11 Å². The fourth-order valence-corrected chi connectivity index (χ4v) is 2.72. The van der Waals surface area contributed by atoms with Crippen molar-refractivity contribution in [1.82, 2.24) is 9.55 Å². The van der Waals surface area contributed by atoms with E-state index in [-0.39, 0.29) is 0 Å². The van der Waals surface area contributed by atoms with E-state index in [9.17, 15) is 0 Å². The number of hydrogen-bond acceptors (Lipinski definition) is 3. The van der Waals surface area contributed by atoms with Crippen molar-refractivity contribution < 1.29 is 4.74 Å². The van der Waals surface area contributed by atoms with Crippen molar-refractivity contribution in [3.05, 3.63) is 35.7 Å². The first kappa shape index (κ1) is 14.1. The van der Waals surface area contributed by atoms with Gasteiger partial charge in [-0.3, -0.25) is 0 Å². The van der Waals surface area contributed by atoms with Gasteiger partial charge >= 0.3 is 0 Å². The Balaban J connectivity index is 2.00. The zero-order chi connectivity index (χ0) is 15.0. The van der Waals surface area contributed by atoms with Gasteiger partial charge in [-0.1, -0.05) is 38.1 Å². The first-order chi connectivity index (χ1) is 10.1. The van der Waals surface area contributed by atoms with Crippen LogP contribution in [0.3, 0.4) is 0 Å². The van der Waals surface area contributed by atoms with Gasteiger partial charge in [0.1, 0.15) is 17.3 Å². The van der Waals surface area contributed by atoms with E-state index < -0.39 is 0 Å². The van der Waals surface area contributed by atoms with Crippen LogP contribution in [-0.4, -0.2) is 16.7 Å². The highest BCUT2D eigenvalue weighted by molar-refractivity contribution is 5.71. The molecule has 0 unspecified atom stereocenters. The maximum absolute atomic E-state index is 6.39. The number of nitrogens with two attached hydrogens (primary N) is 1. The van der Waals surface area contributed by atoms with Crippen LogP contribution in [0.2, 0.25) is 0 Å². The molecule has 21 heavy (non-hydrogen) atoms. The number of aromatic nitrogens is 2. The molecule has 0 amide bonds. The second kappa shape index (κ2) is 5.53. The van der Waals surface area contributed by atoms with Crippen LogP contribution in [-0.2, 0) is 11.3 Å². The van der Waals surface area contributed by atoms with Crippen molar-refractivity contribution in [3.63, 3.8) is 0 Å². The van der Waals surface area contributed by atoms with Crippen LogP contribution in [0.1, 0.15) is 50.0 Å². The summed E-state index contributed by atoms with van der Waals surface area (Å²) in [5.74, 6) is 2.29. The summed E-state index contributed by atoms with van der Waals surface area (Å²) in [6.07, 6.45) is 2.43. The minimum absolute atomic E-state index is 0.384. The van der Waals surface area contributed by atoms with E-state index in [4.69, 9.17) is 15.5 Å². The first-order valence-corrected chi connectivity index (χ1v) is 7.57. The molecule has 2 N–H and O–H groups in total. The monoisotopic (exact) mass is 285 g/mol. The Kier molecular flexibility index (Phi) is 3.72. The molecule has 1 aromatic carbocycles. The van der Waals surface area contributed by atoms with Gasteiger partial charge in [0.2, 0.25) is 0 Å². The van der Waals surface area contributed by atoms with Gasteiger partial charge in [0.15, 0.2) is 0 Å². The normalized spacial score (nSPS) is 14.9. The number of nitrogen functional groups attached to an aromatic ring is 1. The van der Waals surface area contributed by atoms with Crippen LogP contribution in [0, 0.1) is 0 Å². The molecule has 0 spiro atoms. The molecule has 1 aliphatic rings. The maximum atomic E-state index is 6.39. The number of rotatable bonds is 5. The Morgan fingerprint density at radius 1 is 1.29 bits per heavy atom. The number of methoxy groups -OCH3 is 1. The molecular weight excluding hydrogens is 262 g/mol. The van der Waals surface area contributed by atoms with Gasteiger partial charge in [-0.05, 0) is 18.4 Å². The molecule has 1 aromatic heterocycles. The average molecular weight is 285 g/mol. The summed E-state index contributed by atoms with van der Waals surface area (Å²) < 4.78 is 7.39. The molecule has 1 saturated carbocycles. The summed E-state index contributed by atoms with van der Waals surface area (Å²) in [7, 11) is 1.71. The van der Waals surface area contributed by atoms with E-state index in [1.807, 2.05) is 0 Å². The van der Waals surface area contributed by atoms with Crippen LogP contribution in [0.5, 0.6) is 0 Å². The van der Waals surface area contributed by atoms with Gasteiger partial charge in [0.25, 0.3) is 0 Å². The SMILES string of the molecule is COCc1ccc(-c2nc(C(C)C)n(C3CC3)c2N)cc1. The summed E-state index contributed by atoms with van der Waals surface area (Å²) in [5, 5.41) is 0. The molecule has 0 atom stereocenters. The van der Waals surface area contributed by atoms with Gasteiger partial charge in [-0.25, -0.2) is 4.98 Å². The second-order valence-electron chi connectivity index (χ2n) is 6.09. The van der Waals surface area contributed by atoms with Crippen molar-refractivity contribution in [2.24, 2.45) is 0 Å². The van der Waals surface area contributed by atoms with E-state index >= 15 is 0 Å². The van der Waals surface area contributed by atoms with Crippen molar-refractivity contribution in [3.8, 4) is 11.3 Å². The van der Waals surface area contributed by atoms with Gasteiger partial charge in [-0.15, -0.1) is 0 Å². The number of hydrogen-bond donors (Lipinski definition) is 1. The molecular formula is C17H23N3O. The molecule has 0 saturated heterocycles. The second-order valence-corrected chi connectivity index (χ2v) is 6.09. The number of benzene rings is 1. The maximum Gasteiger partial charge on any atom is 0.132 e. The minimum Gasteiger partial charge on any atom is -0.383 e. The van der Waals surface area contributed by atoms with Gasteiger partial charge in [0.05, 0.1) is 6.61 Å². The molecule has 0 aliphatic heterocycles. The number of imidazole rings is 1. The van der Waals surface area contributed by atoms with Crippen LogP contribution in [0.4, 0.5) is 5.82 Å². The Labute approximate surface area is 125 Å². The van der Waals surface area contributed by atoms with Crippen molar-refractivity contribution in [1.29, 1.82) is 0 Å². The molecule has 2 aromatic rings. The van der Waals surface area contributed by atoms with E-state index in [0.717, 1.165) is 28.5 Å². The molecule has 1 aliphatic carbocycles. The Morgan fingerprint density at radius 3 is 2.48 bits per heavy atom. The molecule has 1 fully saturated rings. The smallest absolute Gasteiger partial charge is 0.132 e. The summed E-state index contributed by atoms with van der Waals surface area (Å²) in [5.41, 5.74) is 9.53. The third-order valence-electron chi connectivity index (χ3n) is 3.94. The summed E-state index contributed by atoms with van der Waals surface area (Å²) in [6, 6.07) is 8.85. The van der Waals surface area contributed by atoms with E-state index in [2.05, 4.69) is 42.7 Å². The molecule has 112 valence electrons. The topological polar surface area (TPSA) is 53.1 Å². The number of anilines is 1. The predicted octanol–water partition coefficient (Wildman–Crippen LogP) is 3.74. The van der Waals surface area contributed by atoms with Gasteiger partial charge < -0.3 is 15.0 Å². The fourth-order valence-electron chi connectivity index (χ4n) is 2.72. The van der Waals surface area contributed by atoms with Crippen molar-refractivity contribution in [2.75, 3.05) is 12.8 Å². The quantitative estimate of drug-likeness (QED) is 0.910. The van der Waals surface area contributed by atoms with Crippen LogP contribution in [0.15, 0.2) is 24.3 Å². The van der Waals surface area contributed by atoms with Crippen LogP contribution in [0.25, 0.3) is 11.3 Å². The number of nitrogens with zero attached hydrogens (tertiary/aromatic N) is 2. The van der Waals surface area contributed by atoms with E-state index in [0.29, 0.717) is 18.6 Å². The van der Waals surface area contributed by atoms with Crippen molar-refractivity contribution in [2.45, 2.75) is 45.3 Å². The fraction of sp³-hybridized carbons (Fsp3) is 0.471. The first-order valence-electron chi connectivity index (χ1n) is 7.57. The van der Waals surface area contributed by atoms with E-state index in [1.165, 1.54) is 12.8 Å². The minimum atomic E-state index is 0.384. The molecule has 0 radical (unpaired) electrons. The molecule has 4 heteroatoms. The summed E-state index contributed by atoms with van der Waals surface area (Å²) >= 11 is 0. The van der Waals surface area contributed by atoms with Crippen LogP contribution >= 0.6 is 0 Å². The lowest BCUT2D eigenvalue weighted by Crippen LogP contribution is -2.06. The molecule has 4 nitrogen and oxygen atoms in total. The van der Waals surface area contributed by atoms with Gasteiger partial charge in [0, 0.05) is 24.6 Å². The standard InChI is InChI=1S/C17H23N3O/c1-11(2)17-19-15(16(18)20(17)14-8-9-14)13-6-4-12(5-7-13)10-21-3/h4-7,11,14H,8-10,18H2,1-3H3. The Bertz CT molecular complexity index is 624. The lowest BCUT2D eigenvalue weighted by Gasteiger charge is -2.10. The van der Waals surface area contributed by atoms with Crippen molar-refractivity contribution >= 4 is 5.82 Å². The Hall–Kier alpha value is -1.81. The Morgan fingerprint density at radius 2 is 1.95 bits per heavy atom. The van der Waals surface area contributed by atoms with Gasteiger partial charge in [-0.2, -0.15) is 0 Å². The zero-order valence-electron chi connectivity index (χ0n) is 13.0. The highest BCUT2D eigenvalue weighted by Crippen LogP contribution is 2.42. The summed E-state index contributed by atoms with van der Waals surface area (Å²) in [4.78, 5) is 4.82. The molecule has 1 heterocycles. The predicted molar refractivity (Wildman–Crippen MR) is 85.1 cm³/mol. The average Bonchev–Trinajstić information content (AvgIpc) is 3.23. The third-order valence-corrected chi connectivity index (χ3v) is 3.94. The van der Waals surface area contributed by atoms with Crippen LogP contribution < -0.4 is 5.73 Å². The summed E-state index contributed by atoms with van der Waals surface area (Å²) in [6.45, 7) is 4.97. The zero-order valence-corrected chi connectivity index (χ0v) is 13.0.